The zero-order valence-corrected chi connectivity index (χ0v) is 8.99. The molecule has 84 valence electrons. The van der Waals surface area contributed by atoms with E-state index in [1.165, 1.54) is 18.1 Å². The summed E-state index contributed by atoms with van der Waals surface area (Å²) in [5.41, 5.74) is 0.667. The molecule has 0 bridgehead atoms. The molecule has 0 radical (unpaired) electrons. The van der Waals surface area contributed by atoms with Crippen LogP contribution in [0.15, 0.2) is 11.8 Å². The first-order valence-corrected chi connectivity index (χ1v) is 4.91. The van der Waals surface area contributed by atoms with E-state index in [1.807, 2.05) is 0 Å². The topological polar surface area (TPSA) is 55.8 Å². The van der Waals surface area contributed by atoms with Gasteiger partial charge in [-0.05, 0) is 19.8 Å². The van der Waals surface area contributed by atoms with E-state index in [2.05, 4.69) is 4.74 Å². The van der Waals surface area contributed by atoms with Gasteiger partial charge in [0.05, 0.1) is 13.7 Å². The van der Waals surface area contributed by atoms with Gasteiger partial charge in [0.2, 0.25) is 0 Å². The number of carbonyl (C=O) groups is 2. The lowest BCUT2D eigenvalue weighted by atomic mass is 10.3. The highest BCUT2D eigenvalue weighted by Gasteiger charge is 2.25. The van der Waals surface area contributed by atoms with Gasteiger partial charge in [0.25, 0.3) is 0 Å². The van der Waals surface area contributed by atoms with E-state index in [-0.39, 0.29) is 0 Å². The average Bonchev–Trinajstić information content (AvgIpc) is 2.66. The van der Waals surface area contributed by atoms with Crippen LogP contribution in [0.25, 0.3) is 0 Å². The second-order valence-electron chi connectivity index (χ2n) is 3.11. The number of esters is 1. The lowest BCUT2D eigenvalue weighted by Gasteiger charge is -2.16. The Morgan fingerprint density at radius 1 is 1.53 bits per heavy atom. The van der Waals surface area contributed by atoms with Gasteiger partial charge in [-0.15, -0.1) is 0 Å². The van der Waals surface area contributed by atoms with Crippen LogP contribution in [0.4, 0.5) is 4.79 Å². The Labute approximate surface area is 88.6 Å². The van der Waals surface area contributed by atoms with Crippen LogP contribution in [0.1, 0.15) is 19.8 Å². The number of allylic oxidation sites excluding steroid dienone is 1. The lowest BCUT2D eigenvalue weighted by Crippen LogP contribution is -2.27. The molecule has 1 rings (SSSR count). The molecular weight excluding hydrogens is 198 g/mol. The molecule has 1 fully saturated rings. The van der Waals surface area contributed by atoms with Crippen molar-refractivity contribution in [2.75, 3.05) is 20.3 Å². The zero-order chi connectivity index (χ0) is 11.3. The molecule has 0 unspecified atom stereocenters. The fraction of sp³-hybridized carbons (Fsp3) is 0.600. The Bertz CT molecular complexity index is 285. The van der Waals surface area contributed by atoms with Gasteiger partial charge in [-0.25, -0.2) is 9.59 Å². The Hall–Kier alpha value is -1.52. The molecule has 0 aromatic heterocycles. The fourth-order valence-corrected chi connectivity index (χ4v) is 1.45. The van der Waals surface area contributed by atoms with Crippen molar-refractivity contribution in [1.29, 1.82) is 0 Å². The minimum atomic E-state index is -0.443. The molecule has 0 aromatic carbocycles. The van der Waals surface area contributed by atoms with Crippen molar-refractivity contribution in [2.24, 2.45) is 0 Å². The number of hydrogen-bond donors (Lipinski definition) is 0. The van der Waals surface area contributed by atoms with Gasteiger partial charge in [0.15, 0.2) is 0 Å². The summed E-state index contributed by atoms with van der Waals surface area (Å²) < 4.78 is 9.37. The van der Waals surface area contributed by atoms with Gasteiger partial charge >= 0.3 is 12.1 Å². The van der Waals surface area contributed by atoms with E-state index in [9.17, 15) is 9.59 Å². The van der Waals surface area contributed by atoms with Crippen LogP contribution < -0.4 is 0 Å². The summed E-state index contributed by atoms with van der Waals surface area (Å²) in [5, 5.41) is 0. The zero-order valence-electron chi connectivity index (χ0n) is 8.99. The first-order valence-electron chi connectivity index (χ1n) is 4.91. The third-order valence-corrected chi connectivity index (χ3v) is 2.14. The van der Waals surface area contributed by atoms with Crippen molar-refractivity contribution in [2.45, 2.75) is 19.8 Å². The van der Waals surface area contributed by atoms with Crippen LogP contribution >= 0.6 is 0 Å². The summed E-state index contributed by atoms with van der Waals surface area (Å²) >= 11 is 0. The third-order valence-electron chi connectivity index (χ3n) is 2.14. The molecule has 0 atom stereocenters. The van der Waals surface area contributed by atoms with E-state index in [0.717, 1.165) is 6.42 Å². The molecule has 1 heterocycles. The van der Waals surface area contributed by atoms with Crippen LogP contribution in [0.5, 0.6) is 0 Å². The second kappa shape index (κ2) is 5.38. The van der Waals surface area contributed by atoms with Crippen molar-refractivity contribution in [3.05, 3.63) is 11.8 Å². The summed E-state index contributed by atoms with van der Waals surface area (Å²) in [6.45, 7) is 2.68. The maximum Gasteiger partial charge on any atom is 0.414 e. The maximum absolute atomic E-state index is 11.4. The van der Waals surface area contributed by atoms with Crippen molar-refractivity contribution in [1.82, 2.24) is 4.90 Å². The first kappa shape index (κ1) is 11.6. The molecule has 15 heavy (non-hydrogen) atoms. The summed E-state index contributed by atoms with van der Waals surface area (Å²) in [4.78, 5) is 23.9. The van der Waals surface area contributed by atoms with E-state index < -0.39 is 12.1 Å². The maximum atomic E-state index is 11.4. The first-order chi connectivity index (χ1) is 7.19. The summed E-state index contributed by atoms with van der Waals surface area (Å²) in [5.74, 6) is -0.443. The minimum Gasteiger partial charge on any atom is -0.466 e. The highest BCUT2D eigenvalue weighted by molar-refractivity contribution is 5.84. The Morgan fingerprint density at radius 3 is 2.87 bits per heavy atom. The van der Waals surface area contributed by atoms with Crippen LogP contribution in [-0.4, -0.2) is 37.2 Å². The second-order valence-corrected chi connectivity index (χ2v) is 3.11. The lowest BCUT2D eigenvalue weighted by molar-refractivity contribution is -0.134. The molecule has 1 aliphatic heterocycles. The van der Waals surface area contributed by atoms with Gasteiger partial charge in [0, 0.05) is 18.3 Å². The number of carbonyl (C=O) groups excluding carboxylic acids is 2. The Kier molecular flexibility index (Phi) is 4.15. The predicted molar refractivity (Wildman–Crippen MR) is 53.1 cm³/mol. The molecule has 1 saturated heterocycles. The molecular formula is C10H15NO4. The molecule has 5 heteroatoms. The molecule has 1 amide bonds. The van der Waals surface area contributed by atoms with Crippen LogP contribution in [0.3, 0.4) is 0 Å². The Balaban J connectivity index is 2.68. The van der Waals surface area contributed by atoms with Crippen LogP contribution in [-0.2, 0) is 14.3 Å². The highest BCUT2D eigenvalue weighted by atomic mass is 16.6. The van der Waals surface area contributed by atoms with E-state index in [0.29, 0.717) is 25.3 Å². The molecule has 0 saturated carbocycles. The van der Waals surface area contributed by atoms with Gasteiger partial charge < -0.3 is 9.47 Å². The standard InChI is InChI=1S/C10H15NO4/c1-3-15-10(13)11-6-4-5-8(11)7-9(12)14-2/h7H,3-6H2,1-2H3/b8-7+. The number of hydrogen-bond acceptors (Lipinski definition) is 4. The van der Waals surface area contributed by atoms with Crippen LogP contribution in [0.2, 0.25) is 0 Å². The normalized spacial score (nSPS) is 18.0. The van der Waals surface area contributed by atoms with Crippen molar-refractivity contribution in [3.63, 3.8) is 0 Å². The summed E-state index contributed by atoms with van der Waals surface area (Å²) in [6, 6.07) is 0. The molecule has 0 aromatic rings. The number of nitrogens with zero attached hydrogens (tertiary/aromatic N) is 1. The van der Waals surface area contributed by atoms with Crippen molar-refractivity contribution < 1.29 is 19.1 Å². The Morgan fingerprint density at radius 2 is 2.27 bits per heavy atom. The SMILES string of the molecule is CCOC(=O)N1CCC/C1=C\C(=O)OC. The van der Waals surface area contributed by atoms with E-state index in [4.69, 9.17) is 4.74 Å². The fourth-order valence-electron chi connectivity index (χ4n) is 1.45. The van der Waals surface area contributed by atoms with Crippen LogP contribution in [0, 0.1) is 0 Å². The van der Waals surface area contributed by atoms with Gasteiger partial charge in [-0.3, -0.25) is 4.90 Å². The number of amides is 1. The van der Waals surface area contributed by atoms with E-state index >= 15 is 0 Å². The summed E-state index contributed by atoms with van der Waals surface area (Å²) in [7, 11) is 1.31. The number of rotatable bonds is 2. The quantitative estimate of drug-likeness (QED) is 0.512. The molecule has 0 aliphatic carbocycles. The van der Waals surface area contributed by atoms with Crippen molar-refractivity contribution in [3.8, 4) is 0 Å². The average molecular weight is 213 g/mol. The van der Waals surface area contributed by atoms with Gasteiger partial charge in [0.1, 0.15) is 0 Å². The number of likely N-dealkylation sites (tertiary alicyclic amines) is 1. The smallest absolute Gasteiger partial charge is 0.414 e. The largest absolute Gasteiger partial charge is 0.466 e. The number of methoxy groups -OCH3 is 1. The van der Waals surface area contributed by atoms with Gasteiger partial charge in [-0.1, -0.05) is 0 Å². The third kappa shape index (κ3) is 2.97. The molecule has 1 aliphatic rings. The van der Waals surface area contributed by atoms with Crippen molar-refractivity contribution >= 4 is 12.1 Å². The predicted octanol–water partition coefficient (Wildman–Crippen LogP) is 1.30. The number of ether oxygens (including phenoxy) is 2. The minimum absolute atomic E-state index is 0.334. The molecule has 0 N–H and O–H groups in total. The molecule has 5 nitrogen and oxygen atoms in total. The monoisotopic (exact) mass is 213 g/mol. The highest BCUT2D eigenvalue weighted by Crippen LogP contribution is 2.21. The molecule has 0 spiro atoms. The van der Waals surface area contributed by atoms with E-state index in [1.54, 1.807) is 6.92 Å². The summed E-state index contributed by atoms with van der Waals surface area (Å²) in [6.07, 6.45) is 2.49. The van der Waals surface area contributed by atoms with Gasteiger partial charge in [-0.2, -0.15) is 0 Å².